The minimum absolute atomic E-state index is 0.0115. The summed E-state index contributed by atoms with van der Waals surface area (Å²) in [7, 11) is 0.559. The van der Waals surface area contributed by atoms with Crippen LogP contribution in [0.5, 0.6) is 0 Å². The van der Waals surface area contributed by atoms with Gasteiger partial charge in [0.25, 0.3) is 16.1 Å². The lowest BCUT2D eigenvalue weighted by Crippen LogP contribution is -2.62. The summed E-state index contributed by atoms with van der Waals surface area (Å²) in [5, 5.41) is 11.1. The quantitative estimate of drug-likeness (QED) is 0.139. The molecule has 1 saturated carbocycles. The highest BCUT2D eigenvalue weighted by molar-refractivity contribution is 7.86. The van der Waals surface area contributed by atoms with Gasteiger partial charge in [0.05, 0.1) is 6.04 Å². The van der Waals surface area contributed by atoms with E-state index in [0.717, 1.165) is 23.6 Å². The van der Waals surface area contributed by atoms with E-state index in [9.17, 15) is 32.4 Å². The first kappa shape index (κ1) is 43.1. The second-order valence-corrected chi connectivity index (χ2v) is 18.9. The minimum Gasteiger partial charge on any atom is -0.346 e. The van der Waals surface area contributed by atoms with Gasteiger partial charge in [0, 0.05) is 46.8 Å². The monoisotopic (exact) mass is 725 g/mol. The third-order valence-corrected chi connectivity index (χ3v) is 11.8. The fraction of sp³-hybridized carbons (Fsp3) is 0.800. The van der Waals surface area contributed by atoms with Gasteiger partial charge in [0.1, 0.15) is 12.1 Å². The van der Waals surface area contributed by atoms with Crippen molar-refractivity contribution in [3.63, 3.8) is 0 Å². The molecule has 0 aromatic heterocycles. The number of likely N-dealkylation sites (N-methyl/N-ethyl adjacent to an activating group) is 1. The van der Waals surface area contributed by atoms with Crippen LogP contribution >= 0.6 is 0 Å². The second kappa shape index (κ2) is 17.5. The van der Waals surface area contributed by atoms with Crippen LogP contribution in [0.15, 0.2) is 12.7 Å². The van der Waals surface area contributed by atoms with Crippen molar-refractivity contribution in [2.75, 3.05) is 40.8 Å². The zero-order chi connectivity index (χ0) is 38.4. The summed E-state index contributed by atoms with van der Waals surface area (Å²) in [5.74, 6) is -2.13. The summed E-state index contributed by atoms with van der Waals surface area (Å²) < 4.78 is 27.7. The number of likely N-dealkylation sites (tertiary alicyclic amines) is 1. The molecule has 5 atom stereocenters. The minimum atomic E-state index is -3.74. The summed E-state index contributed by atoms with van der Waals surface area (Å²) in [6, 6.07) is -4.26. The highest BCUT2D eigenvalue weighted by Crippen LogP contribution is 2.34. The Morgan fingerprint density at radius 1 is 0.940 bits per heavy atom. The molecular formula is C35H63N7O7S. The molecule has 2 unspecified atom stereocenters. The van der Waals surface area contributed by atoms with Gasteiger partial charge >= 0.3 is 6.03 Å². The maximum Gasteiger partial charge on any atom is 0.315 e. The van der Waals surface area contributed by atoms with Crippen molar-refractivity contribution in [3.05, 3.63) is 12.7 Å². The average Bonchev–Trinajstić information content (AvgIpc) is 3.43. The lowest BCUT2D eigenvalue weighted by Gasteiger charge is -2.38. The summed E-state index contributed by atoms with van der Waals surface area (Å²) >= 11 is 0. The predicted molar refractivity (Wildman–Crippen MR) is 194 cm³/mol. The van der Waals surface area contributed by atoms with Crippen LogP contribution in [-0.4, -0.2) is 116 Å². The molecule has 286 valence electrons. The van der Waals surface area contributed by atoms with Crippen molar-refractivity contribution < 1.29 is 32.4 Å². The highest BCUT2D eigenvalue weighted by Gasteiger charge is 2.46. The van der Waals surface area contributed by atoms with Crippen molar-refractivity contribution in [2.45, 2.75) is 112 Å². The molecule has 1 aliphatic heterocycles. The van der Waals surface area contributed by atoms with Gasteiger partial charge in [-0.3, -0.25) is 19.2 Å². The standard InChI is InChI=1S/C35H63N7O7S/c1-13-17-36-31(45)28(43)25(18-23-15-14-16-23)37-30(44)26-19-24(22(2)3)20-42(26)32(46)29(35(7,8)9)39-33(47)38-27(34(4,5)6)21-41(12)50(48,49)40(10)11/h13,22-27,29H,1,14-21H2,2-12H3,(H,36,45)(H,37,44)(H2,38,39,47)/t24-,25?,26?,27-,29+/m1/s1. The fourth-order valence-corrected chi connectivity index (χ4v) is 7.02. The molecule has 0 bridgehead atoms. The molecule has 0 aromatic rings. The Kier molecular flexibility index (Phi) is 15.1. The lowest BCUT2D eigenvalue weighted by atomic mass is 9.80. The summed E-state index contributed by atoms with van der Waals surface area (Å²) in [6.45, 7) is 19.1. The lowest BCUT2D eigenvalue weighted by molar-refractivity contribution is -0.144. The molecule has 1 saturated heterocycles. The first-order valence-electron chi connectivity index (χ1n) is 17.7. The van der Waals surface area contributed by atoms with Gasteiger partial charge in [-0.2, -0.15) is 17.0 Å². The van der Waals surface area contributed by atoms with E-state index in [2.05, 4.69) is 27.8 Å². The third kappa shape index (κ3) is 11.5. The maximum atomic E-state index is 14.4. The summed E-state index contributed by atoms with van der Waals surface area (Å²) in [6.07, 6.45) is 5.03. The van der Waals surface area contributed by atoms with Gasteiger partial charge in [0.15, 0.2) is 0 Å². The SMILES string of the molecule is C=CCNC(=O)C(=O)C(CC1CCC1)NC(=O)C1C[C@@H](C(C)C)CN1C(=O)[C@H](NC(=O)N[C@H](CN(C)S(=O)(=O)N(C)C)C(C)(C)C)C(C)(C)C. The van der Waals surface area contributed by atoms with Crippen LogP contribution in [0.4, 0.5) is 4.79 Å². The number of amides is 5. The first-order valence-corrected chi connectivity index (χ1v) is 19.1. The van der Waals surface area contributed by atoms with E-state index in [1.807, 2.05) is 55.4 Å². The van der Waals surface area contributed by atoms with Crippen molar-refractivity contribution >= 4 is 39.7 Å². The van der Waals surface area contributed by atoms with E-state index >= 15 is 0 Å². The number of nitrogens with zero attached hydrogens (tertiary/aromatic N) is 3. The largest absolute Gasteiger partial charge is 0.346 e. The van der Waals surface area contributed by atoms with Crippen LogP contribution in [0, 0.1) is 28.6 Å². The molecule has 5 amide bonds. The van der Waals surface area contributed by atoms with Crippen molar-refractivity contribution in [2.24, 2.45) is 28.6 Å². The van der Waals surface area contributed by atoms with Crippen LogP contribution in [0.25, 0.3) is 0 Å². The Balaban J connectivity index is 2.35. The Hall–Kier alpha value is -3.04. The first-order chi connectivity index (χ1) is 22.9. The summed E-state index contributed by atoms with van der Waals surface area (Å²) in [4.78, 5) is 69.3. The predicted octanol–water partition coefficient (Wildman–Crippen LogP) is 2.27. The number of ketones is 1. The van der Waals surface area contributed by atoms with E-state index in [0.29, 0.717) is 12.8 Å². The Morgan fingerprint density at radius 3 is 2.00 bits per heavy atom. The highest BCUT2D eigenvalue weighted by atomic mass is 32.2. The smallest absolute Gasteiger partial charge is 0.315 e. The molecule has 2 aliphatic rings. The number of carbonyl (C=O) groups excluding carboxylic acids is 5. The molecule has 2 rings (SSSR count). The molecule has 1 aliphatic carbocycles. The number of hydrogen-bond acceptors (Lipinski definition) is 7. The van der Waals surface area contributed by atoms with E-state index < -0.39 is 74.7 Å². The molecule has 2 fully saturated rings. The number of Topliss-reactive ketones (excluding diaryl/α,β-unsaturated/α-hetero) is 1. The molecular weight excluding hydrogens is 662 g/mol. The van der Waals surface area contributed by atoms with E-state index in [-0.39, 0.29) is 37.4 Å². The molecule has 0 radical (unpaired) electrons. The zero-order valence-electron chi connectivity index (χ0n) is 32.1. The Labute approximate surface area is 300 Å². The van der Waals surface area contributed by atoms with Gasteiger partial charge in [-0.15, -0.1) is 6.58 Å². The fourth-order valence-electron chi connectivity index (χ4n) is 6.13. The molecule has 50 heavy (non-hydrogen) atoms. The zero-order valence-corrected chi connectivity index (χ0v) is 32.9. The van der Waals surface area contributed by atoms with Crippen LogP contribution in [0.2, 0.25) is 0 Å². The molecule has 15 heteroatoms. The van der Waals surface area contributed by atoms with Gasteiger partial charge in [-0.25, -0.2) is 4.79 Å². The molecule has 0 spiro atoms. The van der Waals surface area contributed by atoms with Gasteiger partial charge in [-0.05, 0) is 41.4 Å². The van der Waals surface area contributed by atoms with Crippen LogP contribution in [0.1, 0.15) is 87.5 Å². The molecule has 0 aromatic carbocycles. The number of urea groups is 1. The van der Waals surface area contributed by atoms with Crippen molar-refractivity contribution in [1.82, 2.24) is 34.8 Å². The van der Waals surface area contributed by atoms with Gasteiger partial charge < -0.3 is 26.2 Å². The van der Waals surface area contributed by atoms with Crippen LogP contribution < -0.4 is 21.3 Å². The topological polar surface area (TPSA) is 177 Å². The maximum absolute atomic E-state index is 14.4. The van der Waals surface area contributed by atoms with E-state index in [4.69, 9.17) is 0 Å². The average molecular weight is 726 g/mol. The van der Waals surface area contributed by atoms with Crippen LogP contribution in [-0.2, 0) is 29.4 Å². The number of hydrogen-bond donors (Lipinski definition) is 4. The molecule has 14 nitrogen and oxygen atoms in total. The molecule has 1 heterocycles. The van der Waals surface area contributed by atoms with Crippen LogP contribution in [0.3, 0.4) is 0 Å². The number of carbonyl (C=O) groups is 5. The van der Waals surface area contributed by atoms with Crippen molar-refractivity contribution in [1.29, 1.82) is 0 Å². The number of rotatable bonds is 16. The number of nitrogens with one attached hydrogen (secondary N) is 4. The second-order valence-electron chi connectivity index (χ2n) is 16.6. The normalized spacial score (nSPS) is 20.6. The van der Waals surface area contributed by atoms with E-state index in [1.54, 1.807) is 0 Å². The summed E-state index contributed by atoms with van der Waals surface area (Å²) in [5.41, 5.74) is -1.33. The third-order valence-electron chi connectivity index (χ3n) is 9.95. The van der Waals surface area contributed by atoms with Crippen molar-refractivity contribution in [3.8, 4) is 0 Å². The van der Waals surface area contributed by atoms with E-state index in [1.165, 1.54) is 36.4 Å². The Morgan fingerprint density at radius 2 is 1.54 bits per heavy atom. The van der Waals surface area contributed by atoms with Gasteiger partial charge in [-0.1, -0.05) is 80.7 Å². The van der Waals surface area contributed by atoms with Gasteiger partial charge in [0.2, 0.25) is 17.6 Å². The molecule has 4 N–H and O–H groups in total. The Bertz CT molecular complexity index is 1350.